The summed E-state index contributed by atoms with van der Waals surface area (Å²) in [6.07, 6.45) is 4.87. The maximum Gasteiger partial charge on any atom is 2.00 e. The Morgan fingerprint density at radius 1 is 1.00 bits per heavy atom. The first kappa shape index (κ1) is 19.2. The molecule has 0 unspecified atom stereocenters. The molecule has 2 heteroatoms. The predicted molar refractivity (Wildman–Crippen MR) is 58.0 cm³/mol. The van der Waals surface area contributed by atoms with E-state index >= 15 is 0 Å². The van der Waals surface area contributed by atoms with E-state index in [1.54, 1.807) is 0 Å². The molecule has 0 atom stereocenters. The third kappa shape index (κ3) is 12.6. The average molecular weight is 237 g/mol. The first-order valence-corrected chi connectivity index (χ1v) is 4.86. The van der Waals surface area contributed by atoms with E-state index in [0.29, 0.717) is 0 Å². The van der Waals surface area contributed by atoms with Crippen LogP contribution in [0.5, 0.6) is 0 Å². The van der Waals surface area contributed by atoms with Crippen LogP contribution in [0.15, 0.2) is 0 Å². The second-order valence-corrected chi connectivity index (χ2v) is 3.05. The molecule has 0 spiro atoms. The fraction of sp³-hybridized carbons (Fsp3) is 0.818. The van der Waals surface area contributed by atoms with Gasteiger partial charge in [0.15, 0.2) is 0 Å². The van der Waals surface area contributed by atoms with Gasteiger partial charge < -0.3 is 19.3 Å². The van der Waals surface area contributed by atoms with E-state index in [1.807, 2.05) is 0 Å². The molecule has 0 saturated carbocycles. The van der Waals surface area contributed by atoms with E-state index in [0.717, 1.165) is 6.42 Å². The third-order valence-electron chi connectivity index (χ3n) is 1.80. The number of unbranched alkanes of at least 4 members (excludes halogenated alkanes) is 1. The van der Waals surface area contributed by atoms with Crippen LogP contribution in [-0.4, -0.2) is 24.5 Å². The molecular formula is C11H25NZn. The van der Waals surface area contributed by atoms with Crippen molar-refractivity contribution in [2.75, 3.05) is 19.6 Å². The van der Waals surface area contributed by atoms with Crippen LogP contribution < -0.4 is 0 Å². The Morgan fingerprint density at radius 2 is 1.46 bits per heavy atom. The molecule has 0 aliphatic heterocycles. The molecule has 0 bridgehead atoms. The summed E-state index contributed by atoms with van der Waals surface area (Å²) in [6, 6.07) is 0. The Balaban J connectivity index is -0.000000500. The van der Waals surface area contributed by atoms with Gasteiger partial charge in [-0.1, -0.05) is 20.3 Å². The predicted octanol–water partition coefficient (Wildman–Crippen LogP) is 3.17. The Morgan fingerprint density at radius 3 is 1.77 bits per heavy atom. The van der Waals surface area contributed by atoms with Crippen LogP contribution in [0.4, 0.5) is 0 Å². The SMILES string of the molecule is [CH2-]CCCN(CCC)CCC.[CH3-].[Zn+2]. The Bertz CT molecular complexity index is 70.5. The van der Waals surface area contributed by atoms with Gasteiger partial charge in [0.1, 0.15) is 0 Å². The number of hydrogen-bond acceptors (Lipinski definition) is 1. The van der Waals surface area contributed by atoms with E-state index < -0.39 is 0 Å². The maximum absolute atomic E-state index is 3.85. The van der Waals surface area contributed by atoms with Crippen molar-refractivity contribution >= 4 is 0 Å². The first-order chi connectivity index (χ1) is 5.35. The van der Waals surface area contributed by atoms with Crippen molar-refractivity contribution < 1.29 is 19.5 Å². The zero-order chi connectivity index (χ0) is 8.53. The molecule has 0 aliphatic carbocycles. The third-order valence-corrected chi connectivity index (χ3v) is 1.80. The van der Waals surface area contributed by atoms with E-state index in [1.165, 1.54) is 38.9 Å². The summed E-state index contributed by atoms with van der Waals surface area (Å²) in [5, 5.41) is 0. The van der Waals surface area contributed by atoms with Crippen LogP contribution in [0, 0.1) is 14.4 Å². The number of rotatable bonds is 7. The van der Waals surface area contributed by atoms with Gasteiger partial charge in [0.05, 0.1) is 0 Å². The molecule has 0 radical (unpaired) electrons. The van der Waals surface area contributed by atoms with Gasteiger partial charge >= 0.3 is 19.5 Å². The molecule has 0 aliphatic rings. The fourth-order valence-electron chi connectivity index (χ4n) is 1.30. The second kappa shape index (κ2) is 15.1. The Kier molecular flexibility index (Phi) is 22.3. The zero-order valence-corrected chi connectivity index (χ0v) is 12.8. The zero-order valence-electron chi connectivity index (χ0n) is 9.81. The van der Waals surface area contributed by atoms with Crippen molar-refractivity contribution in [3.8, 4) is 0 Å². The molecule has 0 aromatic heterocycles. The first-order valence-electron chi connectivity index (χ1n) is 4.86. The summed E-state index contributed by atoms with van der Waals surface area (Å²) < 4.78 is 0. The standard InChI is InChI=1S/C10H22N.CH3.Zn/c1-4-7-10-11(8-5-2)9-6-3;;/h1,4-10H2,2-3H3;1H3;/q2*-1;+2. The number of hydrogen-bond donors (Lipinski definition) is 0. The van der Waals surface area contributed by atoms with Crippen LogP contribution in [0.2, 0.25) is 0 Å². The van der Waals surface area contributed by atoms with Gasteiger partial charge in [-0.05, 0) is 32.5 Å². The minimum atomic E-state index is 0. The second-order valence-electron chi connectivity index (χ2n) is 3.05. The van der Waals surface area contributed by atoms with Crippen LogP contribution in [0.3, 0.4) is 0 Å². The van der Waals surface area contributed by atoms with Crippen molar-refractivity contribution in [1.29, 1.82) is 0 Å². The Labute approximate surface area is 98.0 Å². The van der Waals surface area contributed by atoms with E-state index in [-0.39, 0.29) is 26.9 Å². The van der Waals surface area contributed by atoms with Gasteiger partial charge in [0.2, 0.25) is 0 Å². The minimum Gasteiger partial charge on any atom is -0.358 e. The van der Waals surface area contributed by atoms with Crippen LogP contribution in [0.1, 0.15) is 39.5 Å². The normalized spacial score (nSPS) is 9.23. The molecular weight excluding hydrogens is 212 g/mol. The van der Waals surface area contributed by atoms with Gasteiger partial charge in [-0.3, -0.25) is 0 Å². The molecule has 1 nitrogen and oxygen atoms in total. The van der Waals surface area contributed by atoms with Crippen molar-refractivity contribution in [3.05, 3.63) is 14.4 Å². The summed E-state index contributed by atoms with van der Waals surface area (Å²) in [5.41, 5.74) is 0. The molecule has 0 N–H and O–H groups in total. The summed E-state index contributed by atoms with van der Waals surface area (Å²) in [4.78, 5) is 2.53. The molecule has 0 rings (SSSR count). The summed E-state index contributed by atoms with van der Waals surface area (Å²) in [5.74, 6) is 0. The molecule has 0 fully saturated rings. The Hall–Kier alpha value is 0.583. The molecule has 0 amide bonds. The van der Waals surface area contributed by atoms with Crippen molar-refractivity contribution in [2.45, 2.75) is 39.5 Å². The molecule has 0 saturated heterocycles. The van der Waals surface area contributed by atoms with E-state index in [9.17, 15) is 0 Å². The summed E-state index contributed by atoms with van der Waals surface area (Å²) in [6.45, 7) is 12.1. The van der Waals surface area contributed by atoms with Crippen LogP contribution in [0.25, 0.3) is 0 Å². The monoisotopic (exact) mass is 235 g/mol. The molecule has 0 heterocycles. The van der Waals surface area contributed by atoms with Crippen LogP contribution >= 0.6 is 0 Å². The van der Waals surface area contributed by atoms with Gasteiger partial charge in [-0.2, -0.15) is 6.42 Å². The van der Waals surface area contributed by atoms with Crippen molar-refractivity contribution in [2.24, 2.45) is 0 Å². The van der Waals surface area contributed by atoms with E-state index in [2.05, 4.69) is 25.7 Å². The van der Waals surface area contributed by atoms with Gasteiger partial charge in [0.25, 0.3) is 0 Å². The average Bonchev–Trinajstić information content (AvgIpc) is 2.01. The topological polar surface area (TPSA) is 3.24 Å². The van der Waals surface area contributed by atoms with Crippen molar-refractivity contribution in [3.63, 3.8) is 0 Å². The van der Waals surface area contributed by atoms with Crippen molar-refractivity contribution in [1.82, 2.24) is 4.90 Å². The van der Waals surface area contributed by atoms with Gasteiger partial charge in [-0.25, -0.2) is 0 Å². The maximum atomic E-state index is 3.85. The fourth-order valence-corrected chi connectivity index (χ4v) is 1.30. The molecule has 0 aromatic carbocycles. The van der Waals surface area contributed by atoms with E-state index in [4.69, 9.17) is 0 Å². The van der Waals surface area contributed by atoms with Gasteiger partial charge in [-0.15, -0.1) is 0 Å². The molecule has 0 aromatic rings. The quantitative estimate of drug-likeness (QED) is 0.485. The van der Waals surface area contributed by atoms with Crippen LogP contribution in [-0.2, 0) is 19.5 Å². The minimum absolute atomic E-state index is 0. The summed E-state index contributed by atoms with van der Waals surface area (Å²) in [7, 11) is 0. The smallest absolute Gasteiger partial charge is 0.358 e. The molecule has 76 valence electrons. The summed E-state index contributed by atoms with van der Waals surface area (Å²) >= 11 is 0. The number of nitrogens with zero attached hydrogens (tertiary/aromatic N) is 1. The van der Waals surface area contributed by atoms with Gasteiger partial charge in [0, 0.05) is 0 Å². The molecule has 13 heavy (non-hydrogen) atoms. The largest absolute Gasteiger partial charge is 2.00 e.